The van der Waals surface area contributed by atoms with Crippen molar-refractivity contribution in [3.05, 3.63) is 24.0 Å². The van der Waals surface area contributed by atoms with E-state index in [4.69, 9.17) is 4.74 Å². The molecule has 22 heavy (non-hydrogen) atoms. The molecule has 0 aliphatic rings. The van der Waals surface area contributed by atoms with E-state index in [0.29, 0.717) is 18.7 Å². The van der Waals surface area contributed by atoms with Crippen molar-refractivity contribution >= 4 is 21.7 Å². The van der Waals surface area contributed by atoms with E-state index in [1.807, 2.05) is 0 Å². The highest BCUT2D eigenvalue weighted by Gasteiger charge is 2.08. The zero-order chi connectivity index (χ0) is 16.6. The van der Waals surface area contributed by atoms with Gasteiger partial charge in [-0.1, -0.05) is 0 Å². The smallest absolute Gasteiger partial charge is 0.319 e. The predicted molar refractivity (Wildman–Crippen MR) is 82.1 cm³/mol. The van der Waals surface area contributed by atoms with E-state index in [9.17, 15) is 17.6 Å². The molecule has 0 bridgehead atoms. The predicted octanol–water partition coefficient (Wildman–Crippen LogP) is 1.29. The summed E-state index contributed by atoms with van der Waals surface area (Å²) in [6.45, 7) is 2.09. The van der Waals surface area contributed by atoms with Crippen molar-refractivity contribution in [1.82, 2.24) is 10.0 Å². The van der Waals surface area contributed by atoms with Gasteiger partial charge in [0.1, 0.15) is 11.6 Å². The minimum atomic E-state index is -3.21. The highest BCUT2D eigenvalue weighted by molar-refractivity contribution is 7.89. The van der Waals surface area contributed by atoms with Crippen LogP contribution in [0.5, 0.6) is 5.75 Å². The molecule has 2 amide bonds. The molecular formula is C13H20FN3O4S. The number of urea groups is 1. The second-order valence-electron chi connectivity index (χ2n) is 4.38. The van der Waals surface area contributed by atoms with Gasteiger partial charge in [0.2, 0.25) is 10.0 Å². The number of sulfonamides is 1. The highest BCUT2D eigenvalue weighted by atomic mass is 32.2. The Balaban J connectivity index is 2.35. The van der Waals surface area contributed by atoms with Crippen LogP contribution in [0.3, 0.4) is 0 Å². The SMILES string of the molecule is CCS(=O)(=O)NCCCNC(=O)Nc1ccc(F)cc1OC. The number of carbonyl (C=O) groups is 1. The van der Waals surface area contributed by atoms with Gasteiger partial charge < -0.3 is 15.4 Å². The van der Waals surface area contributed by atoms with Crippen molar-refractivity contribution in [3.63, 3.8) is 0 Å². The van der Waals surface area contributed by atoms with E-state index >= 15 is 0 Å². The molecule has 0 heterocycles. The molecule has 0 saturated carbocycles. The van der Waals surface area contributed by atoms with Gasteiger partial charge in [0.05, 0.1) is 18.6 Å². The van der Waals surface area contributed by atoms with Crippen LogP contribution in [0.4, 0.5) is 14.9 Å². The average molecular weight is 333 g/mol. The molecule has 3 N–H and O–H groups in total. The lowest BCUT2D eigenvalue weighted by atomic mass is 10.3. The Morgan fingerprint density at radius 1 is 1.32 bits per heavy atom. The molecule has 7 nitrogen and oxygen atoms in total. The number of ether oxygens (including phenoxy) is 1. The maximum atomic E-state index is 13.0. The Bertz CT molecular complexity index is 607. The van der Waals surface area contributed by atoms with Gasteiger partial charge >= 0.3 is 6.03 Å². The first-order chi connectivity index (χ1) is 10.4. The van der Waals surface area contributed by atoms with Crippen molar-refractivity contribution < 1.29 is 22.3 Å². The molecule has 0 aliphatic heterocycles. The number of benzene rings is 1. The van der Waals surface area contributed by atoms with Gasteiger partial charge in [-0.3, -0.25) is 0 Å². The maximum Gasteiger partial charge on any atom is 0.319 e. The Labute approximate surface area is 129 Å². The van der Waals surface area contributed by atoms with E-state index in [1.54, 1.807) is 6.92 Å². The van der Waals surface area contributed by atoms with Crippen LogP contribution in [0, 0.1) is 5.82 Å². The fraction of sp³-hybridized carbons (Fsp3) is 0.462. The summed E-state index contributed by atoms with van der Waals surface area (Å²) in [6, 6.07) is 3.28. The largest absolute Gasteiger partial charge is 0.494 e. The first-order valence-electron chi connectivity index (χ1n) is 6.73. The number of hydrogen-bond acceptors (Lipinski definition) is 4. The van der Waals surface area contributed by atoms with Gasteiger partial charge in [-0.25, -0.2) is 22.3 Å². The van der Waals surface area contributed by atoms with Crippen LogP contribution in [-0.4, -0.2) is 40.4 Å². The molecule has 1 rings (SSSR count). The topological polar surface area (TPSA) is 96.5 Å². The zero-order valence-corrected chi connectivity index (χ0v) is 13.3. The van der Waals surface area contributed by atoms with Crippen LogP contribution in [0.25, 0.3) is 0 Å². The third-order valence-electron chi connectivity index (χ3n) is 2.75. The monoisotopic (exact) mass is 333 g/mol. The van der Waals surface area contributed by atoms with Gasteiger partial charge in [0.25, 0.3) is 0 Å². The van der Waals surface area contributed by atoms with Crippen molar-refractivity contribution in [3.8, 4) is 5.75 Å². The first kappa shape index (κ1) is 18.2. The van der Waals surface area contributed by atoms with Crippen molar-refractivity contribution in [1.29, 1.82) is 0 Å². The molecule has 124 valence electrons. The van der Waals surface area contributed by atoms with Crippen LogP contribution in [-0.2, 0) is 10.0 Å². The Hall–Kier alpha value is -1.87. The van der Waals surface area contributed by atoms with Crippen LogP contribution in [0.2, 0.25) is 0 Å². The van der Waals surface area contributed by atoms with Gasteiger partial charge in [-0.15, -0.1) is 0 Å². The number of carbonyl (C=O) groups excluding carboxylic acids is 1. The summed E-state index contributed by atoms with van der Waals surface area (Å²) in [6.07, 6.45) is 0.452. The summed E-state index contributed by atoms with van der Waals surface area (Å²) in [5, 5.41) is 5.09. The van der Waals surface area contributed by atoms with E-state index in [1.165, 1.54) is 19.2 Å². The fourth-order valence-electron chi connectivity index (χ4n) is 1.55. The second-order valence-corrected chi connectivity index (χ2v) is 6.47. The number of halogens is 1. The number of amides is 2. The normalized spacial score (nSPS) is 11.0. The molecule has 0 fully saturated rings. The van der Waals surface area contributed by atoms with Crippen LogP contribution >= 0.6 is 0 Å². The van der Waals surface area contributed by atoms with Gasteiger partial charge in [0, 0.05) is 19.2 Å². The Kier molecular flexibility index (Phi) is 7.06. The standard InChI is InChI=1S/C13H20FN3O4S/c1-3-22(19,20)16-8-4-7-15-13(18)17-11-6-5-10(14)9-12(11)21-2/h5-6,9,16H,3-4,7-8H2,1-2H3,(H2,15,17,18). The van der Waals surface area contributed by atoms with Gasteiger partial charge in [-0.05, 0) is 25.5 Å². The Morgan fingerprint density at radius 3 is 2.68 bits per heavy atom. The molecule has 9 heteroatoms. The summed E-state index contributed by atoms with van der Waals surface area (Å²) >= 11 is 0. The number of rotatable bonds is 8. The number of methoxy groups -OCH3 is 1. The first-order valence-corrected chi connectivity index (χ1v) is 8.39. The lowest BCUT2D eigenvalue weighted by Crippen LogP contribution is -2.33. The molecule has 0 spiro atoms. The lowest BCUT2D eigenvalue weighted by molar-refractivity contribution is 0.252. The van der Waals surface area contributed by atoms with Crippen molar-refractivity contribution in [2.45, 2.75) is 13.3 Å². The molecule has 0 unspecified atom stereocenters. The summed E-state index contributed by atoms with van der Waals surface area (Å²) < 4.78 is 42.7. The quantitative estimate of drug-likeness (QED) is 0.625. The van der Waals surface area contributed by atoms with E-state index < -0.39 is 21.9 Å². The fourth-order valence-corrected chi connectivity index (χ4v) is 2.21. The summed E-state index contributed by atoms with van der Waals surface area (Å²) in [7, 11) is -1.84. The molecule has 0 aromatic heterocycles. The molecule has 1 aromatic rings. The van der Waals surface area contributed by atoms with E-state index in [2.05, 4.69) is 15.4 Å². The van der Waals surface area contributed by atoms with Crippen molar-refractivity contribution in [2.75, 3.05) is 31.3 Å². The number of anilines is 1. The lowest BCUT2D eigenvalue weighted by Gasteiger charge is -2.11. The maximum absolute atomic E-state index is 13.0. The second kappa shape index (κ2) is 8.54. The summed E-state index contributed by atoms with van der Waals surface area (Å²) in [5.74, 6) is -0.234. The molecule has 0 saturated heterocycles. The highest BCUT2D eigenvalue weighted by Crippen LogP contribution is 2.24. The molecule has 0 atom stereocenters. The average Bonchev–Trinajstić information content (AvgIpc) is 2.48. The van der Waals surface area contributed by atoms with Crippen LogP contribution < -0.4 is 20.1 Å². The van der Waals surface area contributed by atoms with Crippen LogP contribution in [0.15, 0.2) is 18.2 Å². The third kappa shape index (κ3) is 6.27. The van der Waals surface area contributed by atoms with E-state index in [0.717, 1.165) is 6.07 Å². The number of nitrogens with one attached hydrogen (secondary N) is 3. The minimum absolute atomic E-state index is 0.0191. The van der Waals surface area contributed by atoms with E-state index in [-0.39, 0.29) is 18.0 Å². The van der Waals surface area contributed by atoms with Crippen molar-refractivity contribution in [2.24, 2.45) is 0 Å². The molecule has 0 aliphatic carbocycles. The minimum Gasteiger partial charge on any atom is -0.494 e. The van der Waals surface area contributed by atoms with Gasteiger partial charge in [-0.2, -0.15) is 0 Å². The van der Waals surface area contributed by atoms with Gasteiger partial charge in [0.15, 0.2) is 0 Å². The molecule has 0 radical (unpaired) electrons. The summed E-state index contributed by atoms with van der Waals surface area (Å²) in [5.41, 5.74) is 0.341. The van der Waals surface area contributed by atoms with Crippen LogP contribution in [0.1, 0.15) is 13.3 Å². The number of hydrogen-bond donors (Lipinski definition) is 3. The molecule has 1 aromatic carbocycles. The Morgan fingerprint density at radius 2 is 2.05 bits per heavy atom. The molecular weight excluding hydrogens is 313 g/mol. The summed E-state index contributed by atoms with van der Waals surface area (Å²) in [4.78, 5) is 11.7. The zero-order valence-electron chi connectivity index (χ0n) is 12.5. The third-order valence-corrected chi connectivity index (χ3v) is 4.16.